The van der Waals surface area contributed by atoms with Crippen LogP contribution in [0.5, 0.6) is 11.5 Å². The molecule has 446 valence electrons. The predicted octanol–water partition coefficient (Wildman–Crippen LogP) is 7.83. The van der Waals surface area contributed by atoms with Gasteiger partial charge in [-0.25, -0.2) is 19.2 Å². The van der Waals surface area contributed by atoms with Gasteiger partial charge in [0, 0.05) is 53.6 Å². The van der Waals surface area contributed by atoms with Crippen LogP contribution in [0, 0.1) is 41.4 Å². The van der Waals surface area contributed by atoms with E-state index in [1.54, 1.807) is 26.0 Å². The summed E-state index contributed by atoms with van der Waals surface area (Å²) < 4.78 is 86.6. The van der Waals surface area contributed by atoms with E-state index < -0.39 is 64.3 Å². The van der Waals surface area contributed by atoms with E-state index in [0.29, 0.717) is 62.1 Å². The molecule has 21 heteroatoms. The minimum Gasteiger partial charge on any atom is -0.465 e. The van der Waals surface area contributed by atoms with Crippen molar-refractivity contribution < 1.29 is 93.5 Å². The number of ether oxygens (including phenoxy) is 11. The SMILES string of the molecule is C=C(C)C(=O)OC1C2CC3C(=O)OC1C3O2.C=C(C)C(=O)OC1CC2CC1C1COC(=O)C21.C=C(C)C(=O)OCC(=O)OC1C2CC3C1OS(=O)(=O)C3C2.C=Cc1ccc(OC(C)OCC)cc1.C=Cc1cccc(OC(C)OCC)c1. The monoisotopic (exact) mass is 1160 g/mol. The van der Waals surface area contributed by atoms with Crippen LogP contribution in [0.4, 0.5) is 0 Å². The van der Waals surface area contributed by atoms with Crippen molar-refractivity contribution in [2.45, 2.75) is 141 Å². The summed E-state index contributed by atoms with van der Waals surface area (Å²) in [6.07, 6.45) is 4.24. The lowest BCUT2D eigenvalue weighted by Gasteiger charge is -2.28. The van der Waals surface area contributed by atoms with E-state index in [1.165, 1.54) is 6.92 Å². The van der Waals surface area contributed by atoms with Gasteiger partial charge in [0.05, 0.1) is 29.8 Å². The molecule has 5 aliphatic heterocycles. The van der Waals surface area contributed by atoms with Gasteiger partial charge in [-0.1, -0.05) is 69.3 Å². The Morgan fingerprint density at radius 1 is 0.671 bits per heavy atom. The fourth-order valence-corrected chi connectivity index (χ4v) is 14.0. The average Bonchev–Trinajstić information content (AvgIpc) is 2.07. The number of esters is 6. The summed E-state index contributed by atoms with van der Waals surface area (Å²) in [7, 11) is -3.53. The first-order valence-electron chi connectivity index (χ1n) is 27.7. The molecule has 17 unspecified atom stereocenters. The van der Waals surface area contributed by atoms with Crippen LogP contribution < -0.4 is 9.47 Å². The summed E-state index contributed by atoms with van der Waals surface area (Å²) in [5, 5.41) is -0.455. The number of cyclic esters (lactones) is 1. The van der Waals surface area contributed by atoms with E-state index in [1.807, 2.05) is 76.2 Å². The van der Waals surface area contributed by atoms with Gasteiger partial charge in [0.25, 0.3) is 10.1 Å². The number of carbonyl (C=O) groups is 6. The predicted molar refractivity (Wildman–Crippen MR) is 296 cm³/mol. The molecular formula is C61H76O20S. The van der Waals surface area contributed by atoms with E-state index >= 15 is 0 Å². The van der Waals surface area contributed by atoms with Gasteiger partial charge in [0.15, 0.2) is 31.4 Å². The topological polar surface area (TPSA) is 247 Å². The molecule has 4 aliphatic carbocycles. The van der Waals surface area contributed by atoms with Crippen LogP contribution in [0.25, 0.3) is 12.2 Å². The zero-order valence-electron chi connectivity index (χ0n) is 47.6. The fraction of sp³-hybridized carbons (Fsp3) is 0.541. The molecule has 2 aromatic rings. The minimum atomic E-state index is -3.53. The number of rotatable bonds is 18. The summed E-state index contributed by atoms with van der Waals surface area (Å²) in [4.78, 5) is 68.8. The van der Waals surface area contributed by atoms with Crippen LogP contribution in [0.15, 0.2) is 98.1 Å². The van der Waals surface area contributed by atoms with Crippen molar-refractivity contribution in [2.24, 2.45) is 41.4 Å². The van der Waals surface area contributed by atoms with Crippen LogP contribution in [0.1, 0.15) is 91.7 Å². The number of carbonyl (C=O) groups excluding carboxylic acids is 6. The van der Waals surface area contributed by atoms with Crippen molar-refractivity contribution in [3.05, 3.63) is 109 Å². The third-order valence-corrected chi connectivity index (χ3v) is 17.5. The molecule has 0 aromatic heterocycles. The summed E-state index contributed by atoms with van der Waals surface area (Å²) >= 11 is 0. The first kappa shape index (κ1) is 62.9. The van der Waals surface area contributed by atoms with Gasteiger partial charge >= 0.3 is 35.8 Å². The average molecular weight is 1160 g/mol. The lowest BCUT2D eigenvalue weighted by atomic mass is 9.80. The fourth-order valence-electron chi connectivity index (χ4n) is 12.1. The zero-order valence-corrected chi connectivity index (χ0v) is 48.4. The molecule has 0 N–H and O–H groups in total. The lowest BCUT2D eigenvalue weighted by molar-refractivity contribution is -0.165. The summed E-state index contributed by atoms with van der Waals surface area (Å²) in [5.41, 5.74) is 3.09. The maximum Gasteiger partial charge on any atom is 0.344 e. The molecule has 0 radical (unpaired) electrons. The van der Waals surface area contributed by atoms with E-state index in [4.69, 9.17) is 56.3 Å². The summed E-state index contributed by atoms with van der Waals surface area (Å²) in [6.45, 7) is 31.5. The van der Waals surface area contributed by atoms with Crippen molar-refractivity contribution in [2.75, 3.05) is 26.4 Å². The Bertz CT molecular complexity index is 2840. The molecule has 6 bridgehead atoms. The minimum absolute atomic E-state index is 0.00284. The van der Waals surface area contributed by atoms with Gasteiger partial charge in [-0.2, -0.15) is 8.42 Å². The third-order valence-electron chi connectivity index (χ3n) is 15.7. The number of hydrogen-bond donors (Lipinski definition) is 0. The van der Waals surface area contributed by atoms with Gasteiger partial charge in [-0.15, -0.1) is 0 Å². The van der Waals surface area contributed by atoms with E-state index in [9.17, 15) is 37.2 Å². The van der Waals surface area contributed by atoms with Gasteiger partial charge in [0.1, 0.15) is 35.9 Å². The summed E-state index contributed by atoms with van der Waals surface area (Å²) in [5.74, 6) is -0.0464. The Morgan fingerprint density at radius 2 is 1.29 bits per heavy atom. The number of fused-ring (bicyclic) bond motifs is 7. The Labute approximate surface area is 479 Å². The van der Waals surface area contributed by atoms with E-state index in [-0.39, 0.29) is 84.0 Å². The van der Waals surface area contributed by atoms with Crippen molar-refractivity contribution in [1.29, 1.82) is 0 Å². The highest BCUT2D eigenvalue weighted by Gasteiger charge is 2.66. The van der Waals surface area contributed by atoms with Gasteiger partial charge in [0.2, 0.25) is 0 Å². The van der Waals surface area contributed by atoms with Crippen molar-refractivity contribution in [1.82, 2.24) is 0 Å². The zero-order chi connectivity index (χ0) is 59.7. The third kappa shape index (κ3) is 14.9. The second kappa shape index (κ2) is 27.6. The summed E-state index contributed by atoms with van der Waals surface area (Å²) in [6, 6.07) is 15.5. The van der Waals surface area contributed by atoms with Crippen LogP contribution in [0.2, 0.25) is 0 Å². The smallest absolute Gasteiger partial charge is 0.344 e. The molecule has 0 spiro atoms. The molecule has 82 heavy (non-hydrogen) atoms. The lowest BCUT2D eigenvalue weighted by Crippen LogP contribution is -2.40. The number of benzene rings is 2. The molecule has 17 atom stereocenters. The first-order valence-corrected chi connectivity index (χ1v) is 29.2. The Kier molecular flexibility index (Phi) is 21.2. The highest BCUT2D eigenvalue weighted by Crippen LogP contribution is 2.57. The molecule has 5 heterocycles. The maximum absolute atomic E-state index is 11.8. The molecule has 11 rings (SSSR count). The van der Waals surface area contributed by atoms with E-state index in [2.05, 4.69) is 32.9 Å². The molecular weight excluding hydrogens is 1080 g/mol. The molecule has 0 amide bonds. The molecule has 5 saturated heterocycles. The van der Waals surface area contributed by atoms with Gasteiger partial charge in [-0.05, 0) is 122 Å². The van der Waals surface area contributed by atoms with E-state index in [0.717, 1.165) is 35.5 Å². The normalized spacial score (nSPS) is 31.1. The molecule has 4 saturated carbocycles. The van der Waals surface area contributed by atoms with Crippen molar-refractivity contribution in [3.8, 4) is 11.5 Å². The second-order valence-corrected chi connectivity index (χ2v) is 23.4. The standard InChI is InChI=1S/C13H16O7S.C13H16O4.2C12H16O2.C11H12O5/c1-6(2)13(15)18-5-10(14)19-11-7-3-8-9(4-7)21(16,17)20-12(8)11;1-6(2)12(14)17-10-4-7-3-8(10)9-5-16-13(15)11(7)9;1-4-11-6-8-12(9-7-11)14-10(3)13-5-2;1-4-11-7-6-8-12(9-11)14-10(3)13-5-2;1-4(2)10(12)15-8-6-3-5-7(14-6)9(8)16-11(5)13/h7-9,11-12H,1,3-5H2,2H3;7-11H,1,3-5H2,2H3;2*4,6-10H,1,5H2,2-3H3;5-9H,1,3H2,2H3. The highest BCUT2D eigenvalue weighted by atomic mass is 32.2. The molecule has 9 fully saturated rings. The Morgan fingerprint density at radius 3 is 1.91 bits per heavy atom. The first-order chi connectivity index (χ1) is 39.0. The Balaban J connectivity index is 0.000000149. The second-order valence-electron chi connectivity index (χ2n) is 21.6. The number of hydrogen-bond acceptors (Lipinski definition) is 20. The Hall–Kier alpha value is -6.65. The van der Waals surface area contributed by atoms with Crippen LogP contribution in [-0.4, -0.2) is 131 Å². The highest BCUT2D eigenvalue weighted by molar-refractivity contribution is 7.87. The largest absolute Gasteiger partial charge is 0.465 e. The maximum atomic E-state index is 11.8. The van der Waals surface area contributed by atoms with Crippen molar-refractivity contribution >= 4 is 58.1 Å². The molecule has 9 aliphatic rings. The quantitative estimate of drug-likeness (QED) is 0.0453. The van der Waals surface area contributed by atoms with Gasteiger partial charge in [-0.3, -0.25) is 13.8 Å². The van der Waals surface area contributed by atoms with Crippen LogP contribution in [0.3, 0.4) is 0 Å². The van der Waals surface area contributed by atoms with Crippen LogP contribution >= 0.6 is 0 Å². The molecule has 2 aromatic carbocycles. The van der Waals surface area contributed by atoms with Gasteiger partial charge < -0.3 is 52.1 Å². The van der Waals surface area contributed by atoms with Crippen molar-refractivity contribution in [3.63, 3.8) is 0 Å². The van der Waals surface area contributed by atoms with Crippen LogP contribution in [-0.2, 0) is 85.7 Å². The molecule has 20 nitrogen and oxygen atoms in total.